The minimum atomic E-state index is -1.21. The Hall–Kier alpha value is -2.04. The molecule has 0 aromatic heterocycles. The van der Waals surface area contributed by atoms with Crippen LogP contribution in [0.5, 0.6) is 0 Å². The van der Waals surface area contributed by atoms with Crippen LogP contribution in [0.3, 0.4) is 0 Å². The zero-order valence-electron chi connectivity index (χ0n) is 13.9. The minimum absolute atomic E-state index is 0.139. The van der Waals surface area contributed by atoms with Crippen molar-refractivity contribution in [3.8, 4) is 0 Å². The summed E-state index contributed by atoms with van der Waals surface area (Å²) >= 11 is 0. The zero-order chi connectivity index (χ0) is 17.1. The van der Waals surface area contributed by atoms with Gasteiger partial charge in [0.25, 0.3) is 0 Å². The average molecular weight is 319 g/mol. The number of carboxylic acid groups (broad SMARTS) is 1. The summed E-state index contributed by atoms with van der Waals surface area (Å²) in [6.45, 7) is 6.13. The Morgan fingerprint density at radius 3 is 2.70 bits per heavy atom. The fourth-order valence-electron chi connectivity index (χ4n) is 3.28. The second kappa shape index (κ2) is 7.02. The Kier molecular flexibility index (Phi) is 5.29. The molecule has 3 N–H and O–H groups in total. The average Bonchev–Trinajstić information content (AvgIpc) is 2.72. The summed E-state index contributed by atoms with van der Waals surface area (Å²) in [6.07, 6.45) is 6.47. The number of rotatable bonds is 5. The third kappa shape index (κ3) is 3.49. The van der Waals surface area contributed by atoms with Crippen molar-refractivity contribution in [2.24, 2.45) is 11.8 Å². The molecule has 3 atom stereocenters. The summed E-state index contributed by atoms with van der Waals surface area (Å²) in [4.78, 5) is 24.1. The molecule has 2 bridgehead atoms. The fraction of sp³-hybridized carbons (Fsp3) is 0.556. The first kappa shape index (κ1) is 17.3. The van der Waals surface area contributed by atoms with Crippen molar-refractivity contribution in [3.63, 3.8) is 0 Å². The molecule has 126 valence electrons. The predicted molar refractivity (Wildman–Crippen MR) is 87.9 cm³/mol. The Labute approximate surface area is 136 Å². The summed E-state index contributed by atoms with van der Waals surface area (Å²) in [5.74, 6) is -1.57. The number of aliphatic hydroxyl groups is 1. The van der Waals surface area contributed by atoms with E-state index in [0.717, 1.165) is 30.4 Å². The van der Waals surface area contributed by atoms with Crippen molar-refractivity contribution in [1.82, 2.24) is 5.32 Å². The number of carbonyl (C=O) groups excluding carboxylic acids is 1. The maximum absolute atomic E-state index is 12.5. The smallest absolute Gasteiger partial charge is 0.337 e. The monoisotopic (exact) mass is 319 g/mol. The quantitative estimate of drug-likeness (QED) is 0.726. The van der Waals surface area contributed by atoms with Gasteiger partial charge in [0, 0.05) is 5.92 Å². The number of carbonyl (C=O) groups is 2. The van der Waals surface area contributed by atoms with Gasteiger partial charge in [-0.25, -0.2) is 4.79 Å². The minimum Gasteiger partial charge on any atom is -0.507 e. The maximum Gasteiger partial charge on any atom is 0.337 e. The number of hydrogen-bond donors (Lipinski definition) is 3. The second-order valence-electron chi connectivity index (χ2n) is 6.40. The fourth-order valence-corrected chi connectivity index (χ4v) is 3.28. The van der Waals surface area contributed by atoms with E-state index in [1.54, 1.807) is 12.2 Å². The van der Waals surface area contributed by atoms with E-state index in [-0.39, 0.29) is 29.1 Å². The lowest BCUT2D eigenvalue weighted by Gasteiger charge is -2.23. The number of fused-ring (bicyclic) bond motifs is 1. The van der Waals surface area contributed by atoms with Gasteiger partial charge in [-0.3, -0.25) is 4.79 Å². The Morgan fingerprint density at radius 2 is 2.13 bits per heavy atom. The lowest BCUT2D eigenvalue weighted by atomic mass is 9.83. The molecule has 0 aromatic carbocycles. The number of aliphatic carboxylic acids is 1. The molecule has 1 amide bonds. The van der Waals surface area contributed by atoms with Gasteiger partial charge in [-0.15, -0.1) is 0 Å². The molecule has 0 saturated carbocycles. The first-order valence-corrected chi connectivity index (χ1v) is 8.27. The molecule has 2 aliphatic rings. The zero-order valence-corrected chi connectivity index (χ0v) is 13.9. The highest BCUT2D eigenvalue weighted by Gasteiger charge is 2.35. The van der Waals surface area contributed by atoms with Gasteiger partial charge < -0.3 is 15.5 Å². The van der Waals surface area contributed by atoms with Crippen LogP contribution in [-0.4, -0.2) is 28.1 Å². The van der Waals surface area contributed by atoms with Gasteiger partial charge in [0.05, 0.1) is 6.04 Å². The van der Waals surface area contributed by atoms with Crippen LogP contribution in [0.2, 0.25) is 0 Å². The highest BCUT2D eigenvalue weighted by Crippen LogP contribution is 2.35. The van der Waals surface area contributed by atoms with E-state index in [9.17, 15) is 19.8 Å². The van der Waals surface area contributed by atoms with Crippen molar-refractivity contribution >= 4 is 11.9 Å². The highest BCUT2D eigenvalue weighted by molar-refractivity contribution is 5.92. The standard InChI is InChI=1S/C18H25NO4/c1-4-6-11-9-15(20)16(18(22)23)14-8-12(11)7-13(10(3)5-2)17(21)19-14/h8-10,13-14,20H,4-7H2,1-3H3,(H,19,21)(H,22,23). The normalized spacial score (nSPS) is 25.8. The molecule has 23 heavy (non-hydrogen) atoms. The topological polar surface area (TPSA) is 86.6 Å². The molecular formula is C18H25NO4. The van der Waals surface area contributed by atoms with E-state index in [1.807, 2.05) is 20.8 Å². The van der Waals surface area contributed by atoms with Crippen molar-refractivity contribution in [2.75, 3.05) is 0 Å². The van der Waals surface area contributed by atoms with Gasteiger partial charge in [-0.05, 0) is 36.0 Å². The summed E-state index contributed by atoms with van der Waals surface area (Å²) < 4.78 is 0. The van der Waals surface area contributed by atoms with Gasteiger partial charge in [0.2, 0.25) is 5.91 Å². The summed E-state index contributed by atoms with van der Waals surface area (Å²) in [6, 6.07) is -0.783. The summed E-state index contributed by atoms with van der Waals surface area (Å²) in [7, 11) is 0. The number of allylic oxidation sites excluding steroid dienone is 3. The number of hydrogen-bond acceptors (Lipinski definition) is 3. The van der Waals surface area contributed by atoms with Crippen LogP contribution in [0, 0.1) is 11.8 Å². The van der Waals surface area contributed by atoms with E-state index in [4.69, 9.17) is 0 Å². The molecule has 0 fully saturated rings. The largest absolute Gasteiger partial charge is 0.507 e. The van der Waals surface area contributed by atoms with Crippen LogP contribution >= 0.6 is 0 Å². The molecule has 1 aliphatic carbocycles. The van der Waals surface area contributed by atoms with Crippen LogP contribution in [0.1, 0.15) is 46.5 Å². The molecule has 1 heterocycles. The number of aliphatic hydroxyl groups excluding tert-OH is 1. The molecular weight excluding hydrogens is 294 g/mol. The molecule has 5 heteroatoms. The molecule has 5 nitrogen and oxygen atoms in total. The van der Waals surface area contributed by atoms with Gasteiger partial charge in [-0.2, -0.15) is 0 Å². The van der Waals surface area contributed by atoms with Gasteiger partial charge in [0.1, 0.15) is 11.3 Å². The maximum atomic E-state index is 12.5. The second-order valence-corrected chi connectivity index (χ2v) is 6.40. The van der Waals surface area contributed by atoms with Crippen LogP contribution in [0.4, 0.5) is 0 Å². The first-order chi connectivity index (χ1) is 10.9. The number of carboxylic acids is 1. The first-order valence-electron chi connectivity index (χ1n) is 8.27. The Morgan fingerprint density at radius 1 is 1.43 bits per heavy atom. The van der Waals surface area contributed by atoms with Crippen molar-refractivity contribution in [2.45, 2.75) is 52.5 Å². The van der Waals surface area contributed by atoms with Crippen LogP contribution in [-0.2, 0) is 9.59 Å². The predicted octanol–water partition coefficient (Wildman–Crippen LogP) is 3.10. The van der Waals surface area contributed by atoms with E-state index >= 15 is 0 Å². The molecule has 1 aliphatic heterocycles. The lowest BCUT2D eigenvalue weighted by Crippen LogP contribution is -2.41. The summed E-state index contributed by atoms with van der Waals surface area (Å²) in [5, 5.41) is 22.4. The van der Waals surface area contributed by atoms with Crippen molar-refractivity contribution < 1.29 is 19.8 Å². The highest BCUT2D eigenvalue weighted by atomic mass is 16.4. The van der Waals surface area contributed by atoms with E-state index in [0.29, 0.717) is 6.42 Å². The lowest BCUT2D eigenvalue weighted by molar-refractivity contribution is -0.133. The van der Waals surface area contributed by atoms with Crippen LogP contribution < -0.4 is 5.32 Å². The number of nitrogens with one attached hydrogen (secondary N) is 1. The molecule has 2 rings (SSSR count). The van der Waals surface area contributed by atoms with E-state index < -0.39 is 12.0 Å². The molecule has 0 spiro atoms. The van der Waals surface area contributed by atoms with E-state index in [2.05, 4.69) is 5.32 Å². The van der Waals surface area contributed by atoms with Gasteiger partial charge in [0.15, 0.2) is 0 Å². The van der Waals surface area contributed by atoms with Gasteiger partial charge in [-0.1, -0.05) is 39.7 Å². The molecule has 3 unspecified atom stereocenters. The Balaban J connectivity index is 2.50. The number of amides is 1. The third-order valence-corrected chi connectivity index (χ3v) is 4.83. The van der Waals surface area contributed by atoms with Gasteiger partial charge >= 0.3 is 5.97 Å². The van der Waals surface area contributed by atoms with Crippen LogP contribution in [0.25, 0.3) is 0 Å². The Bertz CT molecular complexity index is 600. The molecule has 0 radical (unpaired) electrons. The molecule has 0 aromatic rings. The summed E-state index contributed by atoms with van der Waals surface area (Å²) in [5.41, 5.74) is 1.74. The SMILES string of the molecule is CCCC1=CC(O)=C(C(=O)O)C2C=C1CC(C(C)CC)C(=O)N2. The van der Waals surface area contributed by atoms with Crippen LogP contribution in [0.15, 0.2) is 34.6 Å². The van der Waals surface area contributed by atoms with Crippen molar-refractivity contribution in [3.05, 3.63) is 34.6 Å². The molecule has 0 saturated heterocycles. The third-order valence-electron chi connectivity index (χ3n) is 4.83. The van der Waals surface area contributed by atoms with Crippen molar-refractivity contribution in [1.29, 1.82) is 0 Å². The van der Waals surface area contributed by atoms with E-state index in [1.165, 1.54) is 0 Å².